The van der Waals surface area contributed by atoms with Crippen LogP contribution in [0.15, 0.2) is 12.1 Å². The van der Waals surface area contributed by atoms with Crippen LogP contribution in [0.4, 0.5) is 0 Å². The van der Waals surface area contributed by atoms with Crippen molar-refractivity contribution < 1.29 is 0 Å². The van der Waals surface area contributed by atoms with Crippen LogP contribution in [0.25, 0.3) is 0 Å². The smallest absolute Gasteiger partial charge is 0.0470 e. The third kappa shape index (κ3) is 2.52. The molecule has 1 rings (SSSR count). The quantitative estimate of drug-likeness (QED) is 0.666. The average molecular weight is 238 g/mol. The minimum atomic E-state index is 0.372. The molecule has 3 heteroatoms. The summed E-state index contributed by atoms with van der Waals surface area (Å²) in [6, 6.07) is 3.47. The highest BCUT2D eigenvalue weighted by Crippen LogP contribution is 2.35. The highest BCUT2D eigenvalue weighted by Gasteiger charge is 2.12. The lowest BCUT2D eigenvalue weighted by Crippen LogP contribution is -1.93. The minimum Gasteiger partial charge on any atom is -0.0842 e. The Morgan fingerprint density at radius 2 is 1.62 bits per heavy atom. The summed E-state index contributed by atoms with van der Waals surface area (Å²) in [6.07, 6.45) is 1.01. The van der Waals surface area contributed by atoms with Gasteiger partial charge in [-0.15, -0.1) is 0 Å². The van der Waals surface area contributed by atoms with Crippen LogP contribution in [-0.2, 0) is 0 Å². The van der Waals surface area contributed by atoms with E-state index in [1.54, 1.807) is 12.1 Å². The summed E-state index contributed by atoms with van der Waals surface area (Å²) in [6.45, 7) is 4.20. The van der Waals surface area contributed by atoms with Crippen molar-refractivity contribution in [2.75, 3.05) is 0 Å². The first-order valence-corrected chi connectivity index (χ1v) is 5.34. The Kier molecular flexibility index (Phi) is 3.90. The molecule has 0 heterocycles. The molecular weight excluding hydrogens is 226 g/mol. The van der Waals surface area contributed by atoms with Crippen molar-refractivity contribution in [3.63, 3.8) is 0 Å². The van der Waals surface area contributed by atoms with Crippen LogP contribution >= 0.6 is 34.8 Å². The van der Waals surface area contributed by atoms with Crippen LogP contribution in [-0.4, -0.2) is 0 Å². The van der Waals surface area contributed by atoms with E-state index in [1.807, 2.05) is 0 Å². The van der Waals surface area contributed by atoms with Crippen LogP contribution in [0.5, 0.6) is 0 Å². The Labute approximate surface area is 93.8 Å². The largest absolute Gasteiger partial charge is 0.0842 e. The average Bonchev–Trinajstić information content (AvgIpc) is 2.02. The predicted octanol–water partition coefficient (Wildman–Crippen LogP) is 5.16. The molecule has 0 aliphatic heterocycles. The van der Waals surface area contributed by atoms with Crippen molar-refractivity contribution in [2.24, 2.45) is 0 Å². The monoisotopic (exact) mass is 236 g/mol. The van der Waals surface area contributed by atoms with E-state index >= 15 is 0 Å². The number of halogens is 3. The summed E-state index contributed by atoms with van der Waals surface area (Å²) >= 11 is 17.9. The molecule has 0 aliphatic rings. The van der Waals surface area contributed by atoms with Crippen molar-refractivity contribution >= 4 is 34.8 Å². The highest BCUT2D eigenvalue weighted by molar-refractivity contribution is 6.39. The van der Waals surface area contributed by atoms with Crippen LogP contribution in [0.2, 0.25) is 15.1 Å². The molecule has 0 saturated heterocycles. The molecule has 0 saturated carbocycles. The van der Waals surface area contributed by atoms with E-state index < -0.39 is 0 Å². The molecular formula is C10H11Cl3. The van der Waals surface area contributed by atoms with Crippen molar-refractivity contribution in [2.45, 2.75) is 26.2 Å². The van der Waals surface area contributed by atoms with Gasteiger partial charge in [0.1, 0.15) is 0 Å². The lowest BCUT2D eigenvalue weighted by atomic mass is 9.99. The van der Waals surface area contributed by atoms with Crippen LogP contribution in [0.1, 0.15) is 31.7 Å². The summed E-state index contributed by atoms with van der Waals surface area (Å²) in [5.74, 6) is 0.372. The first-order valence-electron chi connectivity index (χ1n) is 4.20. The lowest BCUT2D eigenvalue weighted by Gasteiger charge is -2.13. The van der Waals surface area contributed by atoms with E-state index in [0.29, 0.717) is 21.0 Å². The van der Waals surface area contributed by atoms with E-state index in [2.05, 4.69) is 13.8 Å². The highest BCUT2D eigenvalue weighted by atomic mass is 35.5. The van der Waals surface area contributed by atoms with Gasteiger partial charge < -0.3 is 0 Å². The molecule has 0 spiro atoms. The van der Waals surface area contributed by atoms with Gasteiger partial charge in [-0.3, -0.25) is 0 Å². The Morgan fingerprint density at radius 1 is 1.15 bits per heavy atom. The summed E-state index contributed by atoms with van der Waals surface area (Å²) in [7, 11) is 0. The number of benzene rings is 1. The molecule has 72 valence electrons. The van der Waals surface area contributed by atoms with E-state index in [4.69, 9.17) is 34.8 Å². The van der Waals surface area contributed by atoms with Crippen molar-refractivity contribution in [3.05, 3.63) is 32.8 Å². The zero-order valence-corrected chi connectivity index (χ0v) is 9.84. The fourth-order valence-electron chi connectivity index (χ4n) is 1.23. The first-order chi connectivity index (χ1) is 6.06. The van der Waals surface area contributed by atoms with E-state index in [-0.39, 0.29) is 0 Å². The molecule has 0 bridgehead atoms. The van der Waals surface area contributed by atoms with Gasteiger partial charge in [0.05, 0.1) is 0 Å². The molecule has 13 heavy (non-hydrogen) atoms. The summed E-state index contributed by atoms with van der Waals surface area (Å²) in [5, 5.41) is 1.90. The molecule has 0 fully saturated rings. The Balaban J connectivity index is 3.20. The van der Waals surface area contributed by atoms with Crippen molar-refractivity contribution in [1.29, 1.82) is 0 Å². The fraction of sp³-hybridized carbons (Fsp3) is 0.400. The Morgan fingerprint density at radius 3 is 2.00 bits per heavy atom. The van der Waals surface area contributed by atoms with Gasteiger partial charge in [0.15, 0.2) is 0 Å². The maximum atomic E-state index is 6.04. The van der Waals surface area contributed by atoms with Gasteiger partial charge in [0.2, 0.25) is 0 Å². The van der Waals surface area contributed by atoms with Gasteiger partial charge in [0, 0.05) is 15.1 Å². The second-order valence-corrected chi connectivity index (χ2v) is 4.34. The van der Waals surface area contributed by atoms with Gasteiger partial charge in [-0.05, 0) is 30.0 Å². The molecule has 0 nitrogen and oxygen atoms in total. The second-order valence-electron chi connectivity index (χ2n) is 3.09. The zero-order chi connectivity index (χ0) is 10.0. The van der Waals surface area contributed by atoms with Gasteiger partial charge in [-0.1, -0.05) is 48.7 Å². The Bertz CT molecular complexity index is 284. The molecule has 1 aromatic rings. The second kappa shape index (κ2) is 4.54. The molecule has 1 aromatic carbocycles. The number of hydrogen-bond acceptors (Lipinski definition) is 0. The first kappa shape index (κ1) is 11.2. The van der Waals surface area contributed by atoms with Gasteiger partial charge >= 0.3 is 0 Å². The van der Waals surface area contributed by atoms with Crippen molar-refractivity contribution in [3.8, 4) is 0 Å². The zero-order valence-electron chi connectivity index (χ0n) is 7.57. The van der Waals surface area contributed by atoms with Gasteiger partial charge in [0.25, 0.3) is 0 Å². The van der Waals surface area contributed by atoms with Crippen molar-refractivity contribution in [1.82, 2.24) is 0 Å². The number of hydrogen-bond donors (Lipinski definition) is 0. The lowest BCUT2D eigenvalue weighted by molar-refractivity contribution is 0.734. The molecule has 0 aromatic heterocycles. The number of rotatable bonds is 2. The molecule has 0 amide bonds. The topological polar surface area (TPSA) is 0 Å². The maximum absolute atomic E-state index is 6.04. The summed E-state index contributed by atoms with van der Waals surface area (Å²) in [4.78, 5) is 0. The van der Waals surface area contributed by atoms with Gasteiger partial charge in [-0.2, -0.15) is 0 Å². The van der Waals surface area contributed by atoms with Gasteiger partial charge in [-0.25, -0.2) is 0 Å². The standard InChI is InChI=1S/C10H11Cl3/c1-3-6(2)10-8(12)4-7(11)5-9(10)13/h4-6H,3H2,1-2H3. The van der Waals surface area contributed by atoms with Crippen LogP contribution in [0.3, 0.4) is 0 Å². The summed E-state index contributed by atoms with van der Waals surface area (Å²) in [5.41, 5.74) is 0.996. The van der Waals surface area contributed by atoms with Crippen LogP contribution in [0, 0.1) is 0 Å². The summed E-state index contributed by atoms with van der Waals surface area (Å²) < 4.78 is 0. The minimum absolute atomic E-state index is 0.372. The molecule has 1 atom stereocenters. The fourth-order valence-corrected chi connectivity index (χ4v) is 2.42. The van der Waals surface area contributed by atoms with Crippen LogP contribution < -0.4 is 0 Å². The SMILES string of the molecule is CCC(C)c1c(Cl)cc(Cl)cc1Cl. The molecule has 0 radical (unpaired) electrons. The molecule has 1 unspecified atom stereocenters. The molecule has 0 aliphatic carbocycles. The third-order valence-corrected chi connectivity index (χ3v) is 2.99. The third-order valence-electron chi connectivity index (χ3n) is 2.15. The van der Waals surface area contributed by atoms with E-state index in [1.165, 1.54) is 0 Å². The predicted molar refractivity (Wildman–Crippen MR) is 60.2 cm³/mol. The normalized spacial score (nSPS) is 13.0. The van der Waals surface area contributed by atoms with E-state index in [0.717, 1.165) is 12.0 Å². The molecule has 0 N–H and O–H groups in total. The maximum Gasteiger partial charge on any atom is 0.0470 e. The Hall–Kier alpha value is 0.0900. The van der Waals surface area contributed by atoms with E-state index in [9.17, 15) is 0 Å².